The normalized spacial score (nSPS) is 10.9. The van der Waals surface area contributed by atoms with Crippen molar-refractivity contribution in [3.63, 3.8) is 0 Å². The summed E-state index contributed by atoms with van der Waals surface area (Å²) in [6.45, 7) is 1.54. The van der Waals surface area contributed by atoms with Crippen LogP contribution in [0.3, 0.4) is 0 Å². The topological polar surface area (TPSA) is 72.1 Å². The van der Waals surface area contributed by atoms with E-state index < -0.39 is 0 Å². The van der Waals surface area contributed by atoms with Crippen LogP contribution in [0.25, 0.3) is 22.6 Å². The number of hydrogen-bond donors (Lipinski definition) is 2. The fourth-order valence-electron chi connectivity index (χ4n) is 2.35. The van der Waals surface area contributed by atoms with Crippen molar-refractivity contribution in [3.8, 4) is 22.9 Å². The Morgan fingerprint density at radius 1 is 1.26 bits per heavy atom. The molecule has 0 unspecified atom stereocenters. The van der Waals surface area contributed by atoms with Crippen molar-refractivity contribution in [1.29, 1.82) is 0 Å². The lowest BCUT2D eigenvalue weighted by atomic mass is 10.2. The molecule has 0 saturated carbocycles. The number of nitrogens with one attached hydrogen (secondary N) is 2. The number of benzene rings is 1. The minimum Gasteiger partial charge on any atom is -0.497 e. The Bertz CT molecular complexity index is 752. The van der Waals surface area contributed by atoms with Crippen molar-refractivity contribution in [2.45, 2.75) is 6.42 Å². The van der Waals surface area contributed by atoms with Gasteiger partial charge in [0.05, 0.1) is 24.8 Å². The molecule has 0 aliphatic heterocycles. The Labute approximate surface area is 134 Å². The van der Waals surface area contributed by atoms with Crippen molar-refractivity contribution < 1.29 is 9.47 Å². The van der Waals surface area contributed by atoms with Crippen LogP contribution in [-0.4, -0.2) is 42.3 Å². The Kier molecular flexibility index (Phi) is 4.73. The highest BCUT2D eigenvalue weighted by Crippen LogP contribution is 2.32. The van der Waals surface area contributed by atoms with Crippen molar-refractivity contribution in [2.75, 3.05) is 27.3 Å². The maximum atomic E-state index is 5.93. The first-order valence-electron chi connectivity index (χ1n) is 7.58. The molecular weight excluding hydrogens is 292 g/mol. The molecule has 0 aliphatic carbocycles. The molecule has 3 rings (SSSR count). The zero-order valence-electron chi connectivity index (χ0n) is 13.3. The van der Waals surface area contributed by atoms with Gasteiger partial charge in [-0.15, -0.1) is 0 Å². The second-order valence-electron chi connectivity index (χ2n) is 5.13. The summed E-state index contributed by atoms with van der Waals surface area (Å²) in [6.07, 6.45) is 2.66. The zero-order chi connectivity index (χ0) is 16.1. The van der Waals surface area contributed by atoms with Crippen LogP contribution in [0, 0.1) is 0 Å². The SMILES string of the molecule is CNCCCOc1cc(OC)ccc1-c1nc2ncccc2[nH]1. The van der Waals surface area contributed by atoms with Crippen LogP contribution in [0.4, 0.5) is 0 Å². The van der Waals surface area contributed by atoms with E-state index in [4.69, 9.17) is 9.47 Å². The molecule has 0 fully saturated rings. The number of aromatic amines is 1. The molecule has 0 radical (unpaired) electrons. The number of rotatable bonds is 7. The molecule has 2 heterocycles. The van der Waals surface area contributed by atoms with Gasteiger partial charge >= 0.3 is 0 Å². The highest BCUT2D eigenvalue weighted by molar-refractivity contribution is 5.77. The van der Waals surface area contributed by atoms with Crippen LogP contribution in [0.2, 0.25) is 0 Å². The molecule has 0 bridgehead atoms. The summed E-state index contributed by atoms with van der Waals surface area (Å²) in [7, 11) is 3.57. The van der Waals surface area contributed by atoms with Gasteiger partial charge in [-0.25, -0.2) is 9.97 Å². The molecular formula is C17H20N4O2. The van der Waals surface area contributed by atoms with Crippen LogP contribution in [0.5, 0.6) is 11.5 Å². The van der Waals surface area contributed by atoms with Gasteiger partial charge in [0.25, 0.3) is 0 Å². The monoisotopic (exact) mass is 312 g/mol. The fraction of sp³-hybridized carbons (Fsp3) is 0.294. The third-order valence-corrected chi connectivity index (χ3v) is 3.53. The standard InChI is InChI=1S/C17H20N4O2/c1-18-8-4-10-23-15-11-12(22-2)6-7-13(15)16-20-14-5-3-9-19-17(14)21-16/h3,5-7,9,11,18H,4,8,10H2,1-2H3,(H,19,20,21). The number of ether oxygens (including phenoxy) is 2. The van der Waals surface area contributed by atoms with Gasteiger partial charge in [0.2, 0.25) is 0 Å². The Balaban J connectivity index is 1.93. The first kappa shape index (κ1) is 15.3. The highest BCUT2D eigenvalue weighted by atomic mass is 16.5. The van der Waals surface area contributed by atoms with Crippen molar-refractivity contribution in [3.05, 3.63) is 36.5 Å². The molecule has 6 heteroatoms. The van der Waals surface area contributed by atoms with Gasteiger partial charge in [-0.1, -0.05) is 0 Å². The second-order valence-corrected chi connectivity index (χ2v) is 5.13. The van der Waals surface area contributed by atoms with Gasteiger partial charge in [-0.05, 0) is 44.3 Å². The number of nitrogens with zero attached hydrogens (tertiary/aromatic N) is 2. The summed E-state index contributed by atoms with van der Waals surface area (Å²) in [4.78, 5) is 12.1. The number of pyridine rings is 1. The van der Waals surface area contributed by atoms with Crippen molar-refractivity contribution in [1.82, 2.24) is 20.3 Å². The molecule has 0 atom stereocenters. The Hall–Kier alpha value is -2.60. The quantitative estimate of drug-likeness (QED) is 0.656. The predicted octanol–water partition coefficient (Wildman–Crippen LogP) is 2.62. The largest absolute Gasteiger partial charge is 0.497 e. The molecule has 120 valence electrons. The lowest BCUT2D eigenvalue weighted by Gasteiger charge is -2.11. The van der Waals surface area contributed by atoms with E-state index in [-0.39, 0.29) is 0 Å². The first-order valence-corrected chi connectivity index (χ1v) is 7.58. The molecule has 3 aromatic rings. The highest BCUT2D eigenvalue weighted by Gasteiger charge is 2.13. The second kappa shape index (κ2) is 7.11. The molecule has 0 saturated heterocycles. The lowest BCUT2D eigenvalue weighted by Crippen LogP contribution is -2.11. The average Bonchev–Trinajstić information content (AvgIpc) is 3.02. The number of fused-ring (bicyclic) bond motifs is 1. The van der Waals surface area contributed by atoms with Crippen LogP contribution < -0.4 is 14.8 Å². The molecule has 2 N–H and O–H groups in total. The average molecular weight is 312 g/mol. The Morgan fingerprint density at radius 2 is 2.17 bits per heavy atom. The summed E-state index contributed by atoms with van der Waals surface area (Å²) < 4.78 is 11.2. The van der Waals surface area contributed by atoms with E-state index in [0.717, 1.165) is 41.4 Å². The predicted molar refractivity (Wildman–Crippen MR) is 89.9 cm³/mol. The van der Waals surface area contributed by atoms with Gasteiger partial charge in [0.1, 0.15) is 17.3 Å². The van der Waals surface area contributed by atoms with E-state index in [1.165, 1.54) is 0 Å². The van der Waals surface area contributed by atoms with Crippen LogP contribution in [-0.2, 0) is 0 Å². The fourth-order valence-corrected chi connectivity index (χ4v) is 2.35. The minimum atomic E-state index is 0.624. The number of aromatic nitrogens is 3. The summed E-state index contributed by atoms with van der Waals surface area (Å²) in [5.41, 5.74) is 2.49. The molecule has 0 amide bonds. The van der Waals surface area contributed by atoms with E-state index in [1.807, 2.05) is 37.4 Å². The van der Waals surface area contributed by atoms with E-state index in [2.05, 4.69) is 20.3 Å². The smallest absolute Gasteiger partial charge is 0.178 e. The van der Waals surface area contributed by atoms with E-state index in [1.54, 1.807) is 13.3 Å². The first-order chi connectivity index (χ1) is 11.3. The molecule has 6 nitrogen and oxygen atoms in total. The Morgan fingerprint density at radius 3 is 2.96 bits per heavy atom. The molecule has 2 aromatic heterocycles. The number of H-pyrrole nitrogens is 1. The van der Waals surface area contributed by atoms with Gasteiger partial charge in [0, 0.05) is 12.3 Å². The van der Waals surface area contributed by atoms with Gasteiger partial charge < -0.3 is 19.8 Å². The molecule has 0 aliphatic rings. The van der Waals surface area contributed by atoms with Crippen molar-refractivity contribution in [2.24, 2.45) is 0 Å². The molecule has 1 aromatic carbocycles. The summed E-state index contributed by atoms with van der Waals surface area (Å²) >= 11 is 0. The van der Waals surface area contributed by atoms with E-state index in [9.17, 15) is 0 Å². The van der Waals surface area contributed by atoms with Crippen LogP contribution >= 0.6 is 0 Å². The van der Waals surface area contributed by atoms with E-state index in [0.29, 0.717) is 12.3 Å². The van der Waals surface area contributed by atoms with Crippen LogP contribution in [0.1, 0.15) is 6.42 Å². The zero-order valence-corrected chi connectivity index (χ0v) is 13.3. The minimum absolute atomic E-state index is 0.624. The lowest BCUT2D eigenvalue weighted by molar-refractivity contribution is 0.308. The van der Waals surface area contributed by atoms with E-state index >= 15 is 0 Å². The number of methoxy groups -OCH3 is 1. The summed E-state index contributed by atoms with van der Waals surface area (Å²) in [6, 6.07) is 9.57. The number of hydrogen-bond acceptors (Lipinski definition) is 5. The van der Waals surface area contributed by atoms with Gasteiger partial charge in [-0.3, -0.25) is 0 Å². The molecule has 0 spiro atoms. The maximum absolute atomic E-state index is 5.93. The third-order valence-electron chi connectivity index (χ3n) is 3.53. The maximum Gasteiger partial charge on any atom is 0.178 e. The summed E-state index contributed by atoms with van der Waals surface area (Å²) in [5, 5.41) is 3.11. The third kappa shape index (κ3) is 3.43. The van der Waals surface area contributed by atoms with Gasteiger partial charge in [-0.2, -0.15) is 0 Å². The molecule has 23 heavy (non-hydrogen) atoms. The van der Waals surface area contributed by atoms with Crippen molar-refractivity contribution >= 4 is 11.2 Å². The van der Waals surface area contributed by atoms with Crippen LogP contribution in [0.15, 0.2) is 36.5 Å². The number of imidazole rings is 1. The van der Waals surface area contributed by atoms with Gasteiger partial charge in [0.15, 0.2) is 5.65 Å². The summed E-state index contributed by atoms with van der Waals surface area (Å²) in [5.74, 6) is 2.25.